The van der Waals surface area contributed by atoms with E-state index >= 15 is 0 Å². The van der Waals surface area contributed by atoms with E-state index in [1.807, 2.05) is 0 Å². The van der Waals surface area contributed by atoms with Gasteiger partial charge in [0, 0.05) is 6.54 Å². The molecule has 0 spiro atoms. The molecule has 2 unspecified atom stereocenters. The minimum atomic E-state index is -0.703. The number of halogens is 1. The van der Waals surface area contributed by atoms with E-state index in [9.17, 15) is 9.50 Å². The number of rotatable bonds is 1. The second-order valence-corrected chi connectivity index (χ2v) is 4.24. The topological polar surface area (TPSA) is 38.0 Å². The molecule has 4 heteroatoms. The zero-order chi connectivity index (χ0) is 10.3. The number of aryl methyl sites for hydroxylation is 1. The molecule has 78 valence electrons. The molecule has 1 N–H and O–H groups in total. The van der Waals surface area contributed by atoms with Crippen LogP contribution in [0.1, 0.15) is 32.1 Å². The number of aliphatic hydroxyl groups excluding tert-OH is 1. The molecule has 2 heterocycles. The van der Waals surface area contributed by atoms with Gasteiger partial charge in [-0.05, 0) is 18.3 Å². The Hall–Kier alpha value is -0.900. The van der Waals surface area contributed by atoms with E-state index in [4.69, 9.17) is 0 Å². The average Bonchev–Trinajstić information content (AvgIpc) is 2.48. The fourth-order valence-electron chi connectivity index (χ4n) is 2.17. The van der Waals surface area contributed by atoms with Crippen LogP contribution in [0.2, 0.25) is 0 Å². The smallest absolute Gasteiger partial charge is 0.166 e. The molecule has 0 aliphatic carbocycles. The number of hydrogen-bond acceptors (Lipinski definition) is 2. The van der Waals surface area contributed by atoms with Crippen molar-refractivity contribution >= 4 is 0 Å². The van der Waals surface area contributed by atoms with Gasteiger partial charge in [0.2, 0.25) is 0 Å². The van der Waals surface area contributed by atoms with Crippen LogP contribution >= 0.6 is 0 Å². The molecule has 0 bridgehead atoms. The molecule has 0 radical (unpaired) electrons. The summed E-state index contributed by atoms with van der Waals surface area (Å²) in [5.74, 6) is 0.129. The molecule has 0 fully saturated rings. The highest BCUT2D eigenvalue weighted by molar-refractivity contribution is 5.11. The van der Waals surface area contributed by atoms with Crippen molar-refractivity contribution in [3.05, 3.63) is 17.7 Å². The first kappa shape index (κ1) is 9.65. The third-order valence-electron chi connectivity index (χ3n) is 3.05. The van der Waals surface area contributed by atoms with E-state index in [1.54, 1.807) is 4.68 Å². The molecule has 2 rings (SSSR count). The van der Waals surface area contributed by atoms with Gasteiger partial charge in [-0.3, -0.25) is 4.68 Å². The van der Waals surface area contributed by atoms with Gasteiger partial charge in [-0.15, -0.1) is 0 Å². The van der Waals surface area contributed by atoms with Gasteiger partial charge in [-0.25, -0.2) is 4.39 Å². The number of aliphatic hydroxyl groups is 1. The van der Waals surface area contributed by atoms with Crippen LogP contribution in [-0.2, 0) is 6.54 Å². The molecule has 0 aromatic carbocycles. The van der Waals surface area contributed by atoms with E-state index in [1.165, 1.54) is 6.20 Å². The van der Waals surface area contributed by atoms with Gasteiger partial charge in [-0.2, -0.15) is 5.10 Å². The highest BCUT2D eigenvalue weighted by atomic mass is 19.1. The lowest BCUT2D eigenvalue weighted by Crippen LogP contribution is -2.28. The Kier molecular flexibility index (Phi) is 2.31. The van der Waals surface area contributed by atoms with Crippen molar-refractivity contribution in [2.45, 2.75) is 32.9 Å². The predicted molar refractivity (Wildman–Crippen MR) is 50.1 cm³/mol. The monoisotopic (exact) mass is 198 g/mol. The van der Waals surface area contributed by atoms with E-state index in [-0.39, 0.29) is 11.7 Å². The molecule has 0 saturated carbocycles. The van der Waals surface area contributed by atoms with Crippen LogP contribution < -0.4 is 0 Å². The van der Waals surface area contributed by atoms with E-state index in [0.29, 0.717) is 18.2 Å². The third kappa shape index (κ3) is 1.34. The number of fused-ring (bicyclic) bond motifs is 1. The Morgan fingerprint density at radius 1 is 1.64 bits per heavy atom. The maximum absolute atomic E-state index is 13.3. The van der Waals surface area contributed by atoms with Gasteiger partial charge in [0.1, 0.15) is 11.8 Å². The lowest BCUT2D eigenvalue weighted by molar-refractivity contribution is 0.0444. The van der Waals surface area contributed by atoms with Crippen LogP contribution in [-0.4, -0.2) is 14.9 Å². The molecule has 1 aromatic rings. The predicted octanol–water partition coefficient (Wildman–Crippen LogP) is 1.73. The van der Waals surface area contributed by atoms with Crippen molar-refractivity contribution in [3.8, 4) is 0 Å². The summed E-state index contributed by atoms with van der Waals surface area (Å²) in [6, 6.07) is 0. The first-order valence-corrected chi connectivity index (χ1v) is 5.00. The highest BCUT2D eigenvalue weighted by Gasteiger charge is 2.33. The van der Waals surface area contributed by atoms with Crippen LogP contribution in [0.15, 0.2) is 6.20 Å². The lowest BCUT2D eigenvalue weighted by atomic mass is 9.84. The second kappa shape index (κ2) is 3.35. The van der Waals surface area contributed by atoms with Crippen LogP contribution in [0, 0.1) is 17.7 Å². The van der Waals surface area contributed by atoms with Gasteiger partial charge in [0.05, 0.1) is 6.20 Å². The summed E-state index contributed by atoms with van der Waals surface area (Å²) in [6.07, 6.45) is 1.35. The van der Waals surface area contributed by atoms with Gasteiger partial charge in [0.25, 0.3) is 0 Å². The average molecular weight is 198 g/mol. The SMILES string of the molecule is CC(C)C1CCn2ncc(F)c2C1O. The molecule has 0 saturated heterocycles. The number of hydrogen-bond donors (Lipinski definition) is 1. The van der Waals surface area contributed by atoms with E-state index < -0.39 is 6.10 Å². The Morgan fingerprint density at radius 2 is 2.36 bits per heavy atom. The molecule has 1 aliphatic rings. The summed E-state index contributed by atoms with van der Waals surface area (Å²) in [4.78, 5) is 0. The fourth-order valence-corrected chi connectivity index (χ4v) is 2.17. The summed E-state index contributed by atoms with van der Waals surface area (Å²) in [7, 11) is 0. The Bertz CT molecular complexity index is 335. The Labute approximate surface area is 82.5 Å². The van der Waals surface area contributed by atoms with Crippen LogP contribution in [0.4, 0.5) is 4.39 Å². The minimum absolute atomic E-state index is 0.147. The second-order valence-electron chi connectivity index (χ2n) is 4.24. The number of nitrogens with zero attached hydrogens (tertiary/aromatic N) is 2. The summed E-state index contributed by atoms with van der Waals surface area (Å²) >= 11 is 0. The fraction of sp³-hybridized carbons (Fsp3) is 0.700. The van der Waals surface area contributed by atoms with Gasteiger partial charge in [-0.1, -0.05) is 13.8 Å². The maximum atomic E-state index is 13.3. The normalized spacial score (nSPS) is 26.6. The van der Waals surface area contributed by atoms with Crippen molar-refractivity contribution in [1.29, 1.82) is 0 Å². The first-order valence-electron chi connectivity index (χ1n) is 5.00. The summed E-state index contributed by atoms with van der Waals surface area (Å²) in [6.45, 7) is 4.81. The van der Waals surface area contributed by atoms with Crippen molar-refractivity contribution < 1.29 is 9.50 Å². The maximum Gasteiger partial charge on any atom is 0.166 e. The number of aromatic nitrogens is 2. The quantitative estimate of drug-likeness (QED) is 0.746. The van der Waals surface area contributed by atoms with Gasteiger partial charge < -0.3 is 5.11 Å². The van der Waals surface area contributed by atoms with Gasteiger partial charge >= 0.3 is 0 Å². The molecule has 1 aromatic heterocycles. The molecule has 1 aliphatic heterocycles. The van der Waals surface area contributed by atoms with E-state index in [2.05, 4.69) is 18.9 Å². The Balaban J connectivity index is 2.34. The molecular formula is C10H15FN2O. The zero-order valence-electron chi connectivity index (χ0n) is 8.44. The minimum Gasteiger partial charge on any atom is -0.386 e. The standard InChI is InChI=1S/C10H15FN2O/c1-6(2)7-3-4-13-9(10(7)14)8(11)5-12-13/h5-7,10,14H,3-4H2,1-2H3. The molecule has 14 heavy (non-hydrogen) atoms. The molecule has 3 nitrogen and oxygen atoms in total. The highest BCUT2D eigenvalue weighted by Crippen LogP contribution is 2.35. The first-order chi connectivity index (χ1) is 6.61. The molecule has 0 amide bonds. The van der Waals surface area contributed by atoms with Crippen molar-refractivity contribution in [2.75, 3.05) is 0 Å². The van der Waals surface area contributed by atoms with Crippen molar-refractivity contribution in [2.24, 2.45) is 11.8 Å². The van der Waals surface area contributed by atoms with Crippen LogP contribution in [0.3, 0.4) is 0 Å². The van der Waals surface area contributed by atoms with Crippen molar-refractivity contribution in [1.82, 2.24) is 9.78 Å². The largest absolute Gasteiger partial charge is 0.386 e. The summed E-state index contributed by atoms with van der Waals surface area (Å²) < 4.78 is 14.8. The summed E-state index contributed by atoms with van der Waals surface area (Å²) in [5, 5.41) is 13.8. The zero-order valence-corrected chi connectivity index (χ0v) is 8.44. The third-order valence-corrected chi connectivity index (χ3v) is 3.05. The summed E-state index contributed by atoms with van der Waals surface area (Å²) in [5.41, 5.74) is 0.356. The van der Waals surface area contributed by atoms with Crippen molar-refractivity contribution in [3.63, 3.8) is 0 Å². The lowest BCUT2D eigenvalue weighted by Gasteiger charge is -2.31. The van der Waals surface area contributed by atoms with E-state index in [0.717, 1.165) is 6.42 Å². The van der Waals surface area contributed by atoms with Crippen LogP contribution in [0.25, 0.3) is 0 Å². The van der Waals surface area contributed by atoms with Crippen LogP contribution in [0.5, 0.6) is 0 Å². The molecular weight excluding hydrogens is 183 g/mol. The molecule has 2 atom stereocenters. The van der Waals surface area contributed by atoms with Gasteiger partial charge in [0.15, 0.2) is 5.82 Å². The Morgan fingerprint density at radius 3 is 3.00 bits per heavy atom.